The Morgan fingerprint density at radius 2 is 2.19 bits per heavy atom. The van der Waals surface area contributed by atoms with E-state index in [2.05, 4.69) is 18.9 Å². The van der Waals surface area contributed by atoms with Gasteiger partial charge in [0.1, 0.15) is 0 Å². The van der Waals surface area contributed by atoms with E-state index in [1.807, 2.05) is 23.5 Å². The molecule has 1 unspecified atom stereocenters. The van der Waals surface area contributed by atoms with Crippen LogP contribution in [0.1, 0.15) is 25.2 Å². The molecule has 5 heteroatoms. The zero-order chi connectivity index (χ0) is 12.1. The van der Waals surface area contributed by atoms with Gasteiger partial charge in [-0.3, -0.25) is 4.68 Å². The number of hydrogen-bond donors (Lipinski definition) is 0. The van der Waals surface area contributed by atoms with Crippen molar-refractivity contribution in [3.8, 4) is 0 Å². The van der Waals surface area contributed by atoms with Crippen LogP contribution in [0.5, 0.6) is 0 Å². The van der Waals surface area contributed by atoms with Crippen LogP contribution in [0.25, 0.3) is 0 Å². The molecule has 1 atom stereocenters. The van der Waals surface area contributed by atoms with Crippen molar-refractivity contribution in [1.82, 2.24) is 9.78 Å². The zero-order valence-corrected chi connectivity index (χ0v) is 12.3. The van der Waals surface area contributed by atoms with E-state index in [1.165, 1.54) is 0 Å². The van der Waals surface area contributed by atoms with Crippen LogP contribution in [0.3, 0.4) is 0 Å². The van der Waals surface area contributed by atoms with Crippen LogP contribution >= 0.6 is 35.0 Å². The van der Waals surface area contributed by atoms with E-state index >= 15 is 0 Å². The number of halogens is 2. The number of thioether (sulfide) groups is 1. The SMILES string of the molecule is CCc1nn(C)c(CSCC(C)CCl)c1Cl. The van der Waals surface area contributed by atoms with E-state index in [4.69, 9.17) is 23.2 Å². The van der Waals surface area contributed by atoms with E-state index in [1.54, 1.807) is 0 Å². The summed E-state index contributed by atoms with van der Waals surface area (Å²) in [6.45, 7) is 4.23. The van der Waals surface area contributed by atoms with Gasteiger partial charge in [0.2, 0.25) is 0 Å². The van der Waals surface area contributed by atoms with Crippen LogP contribution in [0.15, 0.2) is 0 Å². The fourth-order valence-corrected chi connectivity index (χ4v) is 3.22. The second kappa shape index (κ2) is 6.77. The molecule has 0 aliphatic heterocycles. The smallest absolute Gasteiger partial charge is 0.0858 e. The molecule has 1 heterocycles. The molecule has 1 aromatic heterocycles. The molecule has 92 valence electrons. The van der Waals surface area contributed by atoms with E-state index in [0.717, 1.165) is 34.3 Å². The second-order valence-electron chi connectivity index (χ2n) is 3.96. The van der Waals surface area contributed by atoms with Crippen LogP contribution in [-0.2, 0) is 19.2 Å². The lowest BCUT2D eigenvalue weighted by molar-refractivity contribution is 0.718. The van der Waals surface area contributed by atoms with Gasteiger partial charge in [-0.05, 0) is 18.1 Å². The molecule has 0 aliphatic rings. The zero-order valence-electron chi connectivity index (χ0n) is 9.96. The molecule has 0 radical (unpaired) electrons. The molecular weight excluding hydrogens is 263 g/mol. The van der Waals surface area contributed by atoms with Gasteiger partial charge in [0.25, 0.3) is 0 Å². The molecule has 0 aliphatic carbocycles. The Morgan fingerprint density at radius 1 is 1.50 bits per heavy atom. The van der Waals surface area contributed by atoms with Crippen molar-refractivity contribution in [2.45, 2.75) is 26.0 Å². The van der Waals surface area contributed by atoms with Gasteiger partial charge in [-0.25, -0.2) is 0 Å². The molecule has 1 aromatic rings. The van der Waals surface area contributed by atoms with E-state index in [0.29, 0.717) is 11.8 Å². The van der Waals surface area contributed by atoms with Crippen molar-refractivity contribution in [2.24, 2.45) is 13.0 Å². The molecule has 16 heavy (non-hydrogen) atoms. The van der Waals surface area contributed by atoms with E-state index in [9.17, 15) is 0 Å². The highest BCUT2D eigenvalue weighted by molar-refractivity contribution is 7.98. The summed E-state index contributed by atoms with van der Waals surface area (Å²) >= 11 is 13.9. The number of alkyl halides is 1. The first-order valence-electron chi connectivity index (χ1n) is 5.44. The highest BCUT2D eigenvalue weighted by Crippen LogP contribution is 2.25. The van der Waals surface area contributed by atoms with Crippen molar-refractivity contribution in [3.05, 3.63) is 16.4 Å². The molecule has 1 rings (SSSR count). The third-order valence-electron chi connectivity index (χ3n) is 2.41. The van der Waals surface area contributed by atoms with Crippen molar-refractivity contribution in [2.75, 3.05) is 11.6 Å². The topological polar surface area (TPSA) is 17.8 Å². The largest absolute Gasteiger partial charge is 0.270 e. The standard InChI is InChI=1S/C11H18Cl2N2S/c1-4-9-11(13)10(15(3)14-9)7-16-6-8(2)5-12/h8H,4-7H2,1-3H3. The maximum atomic E-state index is 6.26. The molecule has 0 spiro atoms. The van der Waals surface area contributed by atoms with Gasteiger partial charge >= 0.3 is 0 Å². The monoisotopic (exact) mass is 280 g/mol. The predicted molar refractivity (Wildman–Crippen MR) is 73.6 cm³/mol. The maximum Gasteiger partial charge on any atom is 0.0858 e. The fraction of sp³-hybridized carbons (Fsp3) is 0.727. The summed E-state index contributed by atoms with van der Waals surface area (Å²) in [4.78, 5) is 0. The predicted octanol–water partition coefficient (Wildman–Crippen LogP) is 3.74. The molecule has 0 N–H and O–H groups in total. The number of rotatable bonds is 6. The molecule has 0 saturated heterocycles. The minimum atomic E-state index is 0.546. The Bertz CT molecular complexity index is 339. The average molecular weight is 281 g/mol. The summed E-state index contributed by atoms with van der Waals surface area (Å²) in [7, 11) is 1.95. The van der Waals surface area contributed by atoms with Gasteiger partial charge in [0.05, 0.1) is 16.4 Å². The number of nitrogens with zero attached hydrogens (tertiary/aromatic N) is 2. The summed E-state index contributed by atoms with van der Waals surface area (Å²) in [6, 6.07) is 0. The minimum Gasteiger partial charge on any atom is -0.270 e. The van der Waals surface area contributed by atoms with Crippen molar-refractivity contribution < 1.29 is 0 Å². The number of aryl methyl sites for hydroxylation is 2. The molecular formula is C11H18Cl2N2S. The second-order valence-corrected chi connectivity index (χ2v) is 5.68. The Morgan fingerprint density at radius 3 is 2.69 bits per heavy atom. The average Bonchev–Trinajstić information content (AvgIpc) is 2.55. The van der Waals surface area contributed by atoms with E-state index < -0.39 is 0 Å². The summed E-state index contributed by atoms with van der Waals surface area (Å²) in [5, 5.41) is 5.22. The Kier molecular flexibility index (Phi) is 6.01. The Balaban J connectivity index is 2.56. The first-order valence-corrected chi connectivity index (χ1v) is 7.50. The fourth-order valence-electron chi connectivity index (χ4n) is 1.38. The highest BCUT2D eigenvalue weighted by Gasteiger charge is 2.13. The normalized spacial score (nSPS) is 13.1. The molecule has 0 saturated carbocycles. The maximum absolute atomic E-state index is 6.26. The summed E-state index contributed by atoms with van der Waals surface area (Å²) in [6.07, 6.45) is 0.884. The van der Waals surface area contributed by atoms with E-state index in [-0.39, 0.29) is 0 Å². The summed E-state index contributed by atoms with van der Waals surface area (Å²) < 4.78 is 1.89. The third-order valence-corrected chi connectivity index (χ3v) is 4.65. The van der Waals surface area contributed by atoms with Crippen molar-refractivity contribution in [1.29, 1.82) is 0 Å². The highest BCUT2D eigenvalue weighted by atomic mass is 35.5. The number of aromatic nitrogens is 2. The molecule has 0 fully saturated rings. The quantitative estimate of drug-likeness (QED) is 0.739. The van der Waals surface area contributed by atoms with Gasteiger partial charge in [-0.1, -0.05) is 25.4 Å². The molecule has 0 amide bonds. The number of hydrogen-bond acceptors (Lipinski definition) is 2. The lowest BCUT2D eigenvalue weighted by Gasteiger charge is -2.07. The van der Waals surface area contributed by atoms with Crippen molar-refractivity contribution >= 4 is 35.0 Å². The third kappa shape index (κ3) is 3.57. The van der Waals surface area contributed by atoms with Gasteiger partial charge < -0.3 is 0 Å². The van der Waals surface area contributed by atoms with Gasteiger partial charge in [0.15, 0.2) is 0 Å². The lowest BCUT2D eigenvalue weighted by Crippen LogP contribution is -2.02. The Labute approximate surface area is 112 Å². The first-order chi connectivity index (χ1) is 7.60. The molecule has 0 bridgehead atoms. The van der Waals surface area contributed by atoms with Gasteiger partial charge in [-0.2, -0.15) is 16.9 Å². The van der Waals surface area contributed by atoms with Crippen molar-refractivity contribution in [3.63, 3.8) is 0 Å². The van der Waals surface area contributed by atoms with Gasteiger partial charge in [-0.15, -0.1) is 11.6 Å². The minimum absolute atomic E-state index is 0.546. The van der Waals surface area contributed by atoms with Crippen LogP contribution in [0.4, 0.5) is 0 Å². The summed E-state index contributed by atoms with van der Waals surface area (Å²) in [5.41, 5.74) is 2.11. The van der Waals surface area contributed by atoms with Crippen LogP contribution < -0.4 is 0 Å². The molecule has 2 nitrogen and oxygen atoms in total. The Hall–Kier alpha value is 0.140. The van der Waals surface area contributed by atoms with Gasteiger partial charge in [0, 0.05) is 18.7 Å². The first kappa shape index (κ1) is 14.2. The lowest BCUT2D eigenvalue weighted by atomic mass is 10.3. The van der Waals surface area contributed by atoms with Crippen LogP contribution in [0, 0.1) is 5.92 Å². The van der Waals surface area contributed by atoms with Crippen LogP contribution in [0.2, 0.25) is 5.02 Å². The molecule has 0 aromatic carbocycles. The summed E-state index contributed by atoms with van der Waals surface area (Å²) in [5.74, 6) is 3.23. The van der Waals surface area contributed by atoms with Crippen LogP contribution in [-0.4, -0.2) is 21.4 Å².